The number of ether oxygens (including phenoxy) is 1. The predicted molar refractivity (Wildman–Crippen MR) is 66.0 cm³/mol. The summed E-state index contributed by atoms with van der Waals surface area (Å²) in [6, 6.07) is 0. The molecule has 1 fully saturated rings. The molecule has 0 unspecified atom stereocenters. The van der Waals surface area contributed by atoms with E-state index in [0.29, 0.717) is 5.25 Å². The molecule has 1 aliphatic heterocycles. The Hall–Kier alpha value is -0.810. The van der Waals surface area contributed by atoms with Crippen molar-refractivity contribution in [2.45, 2.75) is 30.5 Å². The highest BCUT2D eigenvalue weighted by Crippen LogP contribution is 2.31. The Labute approximate surface area is 100 Å². The zero-order valence-electron chi connectivity index (χ0n) is 9.69. The topological polar surface area (TPSA) is 47.0 Å². The molecular weight excluding hydrogens is 222 g/mol. The summed E-state index contributed by atoms with van der Waals surface area (Å²) in [4.78, 5) is 8.65. The van der Waals surface area contributed by atoms with Gasteiger partial charge in [-0.05, 0) is 13.3 Å². The zero-order chi connectivity index (χ0) is 11.4. The van der Waals surface area contributed by atoms with Crippen molar-refractivity contribution in [1.82, 2.24) is 9.97 Å². The summed E-state index contributed by atoms with van der Waals surface area (Å²) < 4.78 is 5.18. The molecule has 4 nitrogen and oxygen atoms in total. The van der Waals surface area contributed by atoms with Gasteiger partial charge in [-0.15, -0.1) is 0 Å². The van der Waals surface area contributed by atoms with Gasteiger partial charge in [0.2, 0.25) is 0 Å². The third-order valence-corrected chi connectivity index (χ3v) is 3.67. The summed E-state index contributed by atoms with van der Waals surface area (Å²) in [5.74, 6) is 0.975. The Kier molecular flexibility index (Phi) is 4.01. The number of hydrogen-bond donors (Lipinski definition) is 1. The molecule has 1 N–H and O–H groups in total. The second-order valence-corrected chi connectivity index (χ2v) is 4.96. The van der Waals surface area contributed by atoms with Gasteiger partial charge in [-0.3, -0.25) is 0 Å². The maximum Gasteiger partial charge on any atom is 0.133 e. The zero-order valence-corrected chi connectivity index (χ0v) is 10.5. The molecule has 1 aromatic rings. The summed E-state index contributed by atoms with van der Waals surface area (Å²) in [5.41, 5.74) is 1.22. The van der Waals surface area contributed by atoms with Crippen LogP contribution >= 0.6 is 11.8 Å². The quantitative estimate of drug-likeness (QED) is 0.796. The fourth-order valence-electron chi connectivity index (χ4n) is 1.58. The van der Waals surface area contributed by atoms with Crippen LogP contribution in [0.4, 0.5) is 5.82 Å². The summed E-state index contributed by atoms with van der Waals surface area (Å²) >= 11 is 1.81. The van der Waals surface area contributed by atoms with Crippen LogP contribution in [0.25, 0.3) is 0 Å². The van der Waals surface area contributed by atoms with E-state index in [1.54, 1.807) is 18.1 Å². The van der Waals surface area contributed by atoms with Crippen LogP contribution < -0.4 is 5.32 Å². The fourth-order valence-corrected chi connectivity index (χ4v) is 2.71. The molecule has 0 aromatic carbocycles. The lowest BCUT2D eigenvalue weighted by atomic mass is 10.2. The minimum atomic E-state index is 0.565. The average molecular weight is 239 g/mol. The number of aromatic nitrogens is 2. The van der Waals surface area contributed by atoms with E-state index < -0.39 is 0 Å². The third kappa shape index (κ3) is 2.47. The molecule has 0 atom stereocenters. The van der Waals surface area contributed by atoms with Crippen molar-refractivity contribution in [3.05, 3.63) is 11.9 Å². The molecule has 0 amide bonds. The summed E-state index contributed by atoms with van der Waals surface area (Å²) in [6.45, 7) is 6.79. The molecule has 5 heteroatoms. The van der Waals surface area contributed by atoms with E-state index in [9.17, 15) is 0 Å². The fraction of sp³-hybridized carbons (Fsp3) is 0.636. The lowest BCUT2D eigenvalue weighted by Crippen LogP contribution is -2.30. The van der Waals surface area contributed by atoms with Crippen LogP contribution in [0, 0.1) is 0 Å². The SMILES string of the molecule is CCNc1ncnc(SC2COC2)c1CC. The smallest absolute Gasteiger partial charge is 0.133 e. The highest BCUT2D eigenvalue weighted by Gasteiger charge is 2.22. The maximum atomic E-state index is 5.18. The van der Waals surface area contributed by atoms with E-state index in [0.717, 1.165) is 37.0 Å². The summed E-state index contributed by atoms with van der Waals surface area (Å²) in [6.07, 6.45) is 2.60. The Morgan fingerprint density at radius 1 is 1.44 bits per heavy atom. The van der Waals surface area contributed by atoms with Gasteiger partial charge in [0, 0.05) is 12.1 Å². The molecule has 2 heterocycles. The second-order valence-electron chi connectivity index (χ2n) is 3.67. The van der Waals surface area contributed by atoms with E-state index in [4.69, 9.17) is 4.74 Å². The molecule has 0 bridgehead atoms. The van der Waals surface area contributed by atoms with Crippen LogP contribution in [-0.4, -0.2) is 35.0 Å². The number of rotatable bonds is 5. The lowest BCUT2D eigenvalue weighted by molar-refractivity contribution is 0.0454. The number of anilines is 1. The van der Waals surface area contributed by atoms with E-state index in [-0.39, 0.29) is 0 Å². The Balaban J connectivity index is 2.17. The van der Waals surface area contributed by atoms with Crippen molar-refractivity contribution in [3.8, 4) is 0 Å². The van der Waals surface area contributed by atoms with Crippen LogP contribution in [0.3, 0.4) is 0 Å². The molecule has 16 heavy (non-hydrogen) atoms. The first kappa shape index (κ1) is 11.7. The molecule has 1 aromatic heterocycles. The van der Waals surface area contributed by atoms with Crippen molar-refractivity contribution in [1.29, 1.82) is 0 Å². The Morgan fingerprint density at radius 2 is 2.25 bits per heavy atom. The number of hydrogen-bond acceptors (Lipinski definition) is 5. The van der Waals surface area contributed by atoms with Crippen LogP contribution in [-0.2, 0) is 11.2 Å². The molecule has 0 radical (unpaired) electrons. The minimum Gasteiger partial charge on any atom is -0.379 e. The molecule has 0 saturated carbocycles. The van der Waals surface area contributed by atoms with Gasteiger partial charge >= 0.3 is 0 Å². The van der Waals surface area contributed by atoms with Crippen molar-refractivity contribution < 1.29 is 4.74 Å². The first-order valence-electron chi connectivity index (χ1n) is 5.67. The van der Waals surface area contributed by atoms with Gasteiger partial charge < -0.3 is 10.1 Å². The Bertz CT molecular complexity index is 355. The molecule has 2 rings (SSSR count). The van der Waals surface area contributed by atoms with Gasteiger partial charge in [-0.2, -0.15) is 0 Å². The predicted octanol–water partition coefficient (Wildman–Crippen LogP) is 1.96. The van der Waals surface area contributed by atoms with Crippen LogP contribution in [0.15, 0.2) is 11.4 Å². The van der Waals surface area contributed by atoms with Gasteiger partial charge in [-0.25, -0.2) is 9.97 Å². The van der Waals surface area contributed by atoms with Crippen molar-refractivity contribution in [3.63, 3.8) is 0 Å². The van der Waals surface area contributed by atoms with Crippen molar-refractivity contribution >= 4 is 17.6 Å². The lowest BCUT2D eigenvalue weighted by Gasteiger charge is -2.25. The molecule has 1 saturated heterocycles. The first-order chi connectivity index (χ1) is 7.85. The second kappa shape index (κ2) is 5.50. The largest absolute Gasteiger partial charge is 0.379 e. The summed E-state index contributed by atoms with van der Waals surface area (Å²) in [5, 5.41) is 4.94. The molecule has 1 aliphatic rings. The highest BCUT2D eigenvalue weighted by molar-refractivity contribution is 8.00. The van der Waals surface area contributed by atoms with Crippen LogP contribution in [0.5, 0.6) is 0 Å². The number of thioether (sulfide) groups is 1. The highest BCUT2D eigenvalue weighted by atomic mass is 32.2. The van der Waals surface area contributed by atoms with Gasteiger partial charge in [0.1, 0.15) is 17.2 Å². The number of nitrogens with zero attached hydrogens (tertiary/aromatic N) is 2. The van der Waals surface area contributed by atoms with Crippen LogP contribution in [0.2, 0.25) is 0 Å². The molecular formula is C11H17N3OS. The maximum absolute atomic E-state index is 5.18. The van der Waals surface area contributed by atoms with E-state index in [1.807, 2.05) is 0 Å². The molecule has 0 spiro atoms. The molecule has 0 aliphatic carbocycles. The monoisotopic (exact) mass is 239 g/mol. The van der Waals surface area contributed by atoms with Gasteiger partial charge in [0.25, 0.3) is 0 Å². The minimum absolute atomic E-state index is 0.565. The van der Waals surface area contributed by atoms with E-state index in [1.165, 1.54) is 5.56 Å². The first-order valence-corrected chi connectivity index (χ1v) is 6.55. The van der Waals surface area contributed by atoms with Gasteiger partial charge in [0.15, 0.2) is 0 Å². The van der Waals surface area contributed by atoms with Gasteiger partial charge in [0.05, 0.1) is 18.5 Å². The molecule has 88 valence electrons. The van der Waals surface area contributed by atoms with E-state index >= 15 is 0 Å². The van der Waals surface area contributed by atoms with Crippen molar-refractivity contribution in [2.75, 3.05) is 25.1 Å². The standard InChI is InChI=1S/C11H17N3OS/c1-3-9-10(12-4-2)13-7-14-11(9)16-8-5-15-6-8/h7-8H,3-6H2,1-2H3,(H,12,13,14). The average Bonchev–Trinajstić information content (AvgIpc) is 2.24. The Morgan fingerprint density at radius 3 is 2.81 bits per heavy atom. The van der Waals surface area contributed by atoms with Crippen molar-refractivity contribution in [2.24, 2.45) is 0 Å². The normalized spacial score (nSPS) is 15.9. The van der Waals surface area contributed by atoms with Crippen LogP contribution in [0.1, 0.15) is 19.4 Å². The number of nitrogens with one attached hydrogen (secondary N) is 1. The third-order valence-electron chi connectivity index (χ3n) is 2.49. The summed E-state index contributed by atoms with van der Waals surface area (Å²) in [7, 11) is 0. The van der Waals surface area contributed by atoms with E-state index in [2.05, 4.69) is 29.1 Å². The van der Waals surface area contributed by atoms with Gasteiger partial charge in [-0.1, -0.05) is 18.7 Å².